The third kappa shape index (κ3) is 3.66. The van der Waals surface area contributed by atoms with Gasteiger partial charge in [0.15, 0.2) is 0 Å². The minimum atomic E-state index is 0.445. The van der Waals surface area contributed by atoms with E-state index >= 15 is 0 Å². The SMILES string of the molecule is CC(NCC1CCCN1C)c1ccc(I)cc1. The van der Waals surface area contributed by atoms with Gasteiger partial charge in [0.05, 0.1) is 0 Å². The zero-order chi connectivity index (χ0) is 12.3. The molecular formula is C14H21IN2. The molecule has 2 unspecified atom stereocenters. The Bertz CT molecular complexity index is 350. The largest absolute Gasteiger partial charge is 0.309 e. The molecule has 17 heavy (non-hydrogen) atoms. The number of hydrogen-bond donors (Lipinski definition) is 1. The Kier molecular flexibility index (Phi) is 4.82. The molecule has 2 nitrogen and oxygen atoms in total. The number of rotatable bonds is 4. The zero-order valence-electron chi connectivity index (χ0n) is 10.6. The minimum absolute atomic E-state index is 0.445. The highest BCUT2D eigenvalue weighted by molar-refractivity contribution is 14.1. The summed E-state index contributed by atoms with van der Waals surface area (Å²) in [4.78, 5) is 2.47. The van der Waals surface area contributed by atoms with E-state index in [-0.39, 0.29) is 0 Å². The quantitative estimate of drug-likeness (QED) is 0.845. The molecule has 1 N–H and O–H groups in total. The van der Waals surface area contributed by atoms with Gasteiger partial charge < -0.3 is 10.2 Å². The second-order valence-corrected chi connectivity index (χ2v) is 6.20. The molecule has 0 aromatic heterocycles. The highest BCUT2D eigenvalue weighted by atomic mass is 127. The van der Waals surface area contributed by atoms with Crippen LogP contribution in [0.2, 0.25) is 0 Å². The van der Waals surface area contributed by atoms with Crippen molar-refractivity contribution in [1.29, 1.82) is 0 Å². The first-order chi connectivity index (χ1) is 8.16. The standard InChI is InChI=1S/C14H21IN2/c1-11(12-5-7-13(15)8-6-12)16-10-14-4-3-9-17(14)2/h5-8,11,14,16H,3-4,9-10H2,1-2H3. The first-order valence-electron chi connectivity index (χ1n) is 6.36. The summed E-state index contributed by atoms with van der Waals surface area (Å²) in [6.07, 6.45) is 2.68. The molecule has 0 aliphatic carbocycles. The first kappa shape index (κ1) is 13.3. The Morgan fingerprint density at radius 2 is 2.12 bits per heavy atom. The number of nitrogens with one attached hydrogen (secondary N) is 1. The highest BCUT2D eigenvalue weighted by Crippen LogP contribution is 2.17. The molecule has 1 aliphatic heterocycles. The maximum atomic E-state index is 3.65. The Balaban J connectivity index is 1.84. The molecule has 0 bridgehead atoms. The molecule has 2 rings (SSSR count). The Morgan fingerprint density at radius 3 is 2.71 bits per heavy atom. The van der Waals surface area contributed by atoms with E-state index in [9.17, 15) is 0 Å². The van der Waals surface area contributed by atoms with Crippen molar-refractivity contribution in [2.75, 3.05) is 20.1 Å². The van der Waals surface area contributed by atoms with E-state index in [4.69, 9.17) is 0 Å². The molecule has 1 aliphatic rings. The number of halogens is 1. The van der Waals surface area contributed by atoms with E-state index < -0.39 is 0 Å². The van der Waals surface area contributed by atoms with Crippen LogP contribution in [0, 0.1) is 3.57 Å². The lowest BCUT2D eigenvalue weighted by Gasteiger charge is -2.22. The van der Waals surface area contributed by atoms with E-state index in [1.54, 1.807) is 0 Å². The molecule has 0 spiro atoms. The summed E-state index contributed by atoms with van der Waals surface area (Å²) in [6, 6.07) is 9.96. The fourth-order valence-corrected chi connectivity index (χ4v) is 2.78. The predicted molar refractivity (Wildman–Crippen MR) is 81.2 cm³/mol. The van der Waals surface area contributed by atoms with Crippen LogP contribution in [0.5, 0.6) is 0 Å². The molecule has 0 radical (unpaired) electrons. The van der Waals surface area contributed by atoms with Gasteiger partial charge in [-0.1, -0.05) is 12.1 Å². The van der Waals surface area contributed by atoms with Gasteiger partial charge >= 0.3 is 0 Å². The number of nitrogens with zero attached hydrogens (tertiary/aromatic N) is 1. The second kappa shape index (κ2) is 6.16. The second-order valence-electron chi connectivity index (χ2n) is 4.96. The van der Waals surface area contributed by atoms with Crippen molar-refractivity contribution in [2.24, 2.45) is 0 Å². The van der Waals surface area contributed by atoms with Gasteiger partial charge in [-0.05, 0) is 73.6 Å². The zero-order valence-corrected chi connectivity index (χ0v) is 12.8. The van der Waals surface area contributed by atoms with Crippen molar-refractivity contribution >= 4 is 22.6 Å². The molecule has 2 atom stereocenters. The van der Waals surface area contributed by atoms with Gasteiger partial charge in [-0.25, -0.2) is 0 Å². The van der Waals surface area contributed by atoms with Crippen molar-refractivity contribution in [3.05, 3.63) is 33.4 Å². The fourth-order valence-electron chi connectivity index (χ4n) is 2.42. The molecule has 3 heteroatoms. The van der Waals surface area contributed by atoms with Gasteiger partial charge in [-0.3, -0.25) is 0 Å². The lowest BCUT2D eigenvalue weighted by Crippen LogP contribution is -2.36. The highest BCUT2D eigenvalue weighted by Gasteiger charge is 2.20. The van der Waals surface area contributed by atoms with Gasteiger partial charge in [0.25, 0.3) is 0 Å². The Labute approximate surface area is 118 Å². The molecule has 0 saturated carbocycles. The molecule has 94 valence electrons. The van der Waals surface area contributed by atoms with Crippen LogP contribution in [0.3, 0.4) is 0 Å². The van der Waals surface area contributed by atoms with E-state index in [1.807, 2.05) is 0 Å². The summed E-state index contributed by atoms with van der Waals surface area (Å²) < 4.78 is 1.30. The van der Waals surface area contributed by atoms with E-state index in [0.29, 0.717) is 6.04 Å². The van der Waals surface area contributed by atoms with Gasteiger partial charge in [0.2, 0.25) is 0 Å². The van der Waals surface area contributed by atoms with E-state index in [2.05, 4.69) is 71.0 Å². The van der Waals surface area contributed by atoms with Crippen LogP contribution in [0.4, 0.5) is 0 Å². The average Bonchev–Trinajstić information content (AvgIpc) is 2.73. The maximum Gasteiger partial charge on any atom is 0.0292 e. The van der Waals surface area contributed by atoms with Crippen LogP contribution in [-0.2, 0) is 0 Å². The molecule has 1 saturated heterocycles. The van der Waals surface area contributed by atoms with Crippen molar-refractivity contribution in [3.8, 4) is 0 Å². The number of likely N-dealkylation sites (N-methyl/N-ethyl adjacent to an activating group) is 1. The van der Waals surface area contributed by atoms with Gasteiger partial charge in [0, 0.05) is 22.2 Å². The van der Waals surface area contributed by atoms with Gasteiger partial charge in [0.1, 0.15) is 0 Å². The van der Waals surface area contributed by atoms with Crippen molar-refractivity contribution in [2.45, 2.75) is 31.8 Å². The molecule has 1 fully saturated rings. The predicted octanol–water partition coefficient (Wildman–Crippen LogP) is 3.04. The lowest BCUT2D eigenvalue weighted by atomic mass is 10.1. The third-order valence-corrected chi connectivity index (χ3v) is 4.42. The molecule has 1 aromatic carbocycles. The average molecular weight is 344 g/mol. The lowest BCUT2D eigenvalue weighted by molar-refractivity contribution is 0.293. The van der Waals surface area contributed by atoms with Gasteiger partial charge in [-0.2, -0.15) is 0 Å². The van der Waals surface area contributed by atoms with Crippen LogP contribution in [0.15, 0.2) is 24.3 Å². The summed E-state index contributed by atoms with van der Waals surface area (Å²) in [5.41, 5.74) is 1.38. The smallest absolute Gasteiger partial charge is 0.0292 e. The van der Waals surface area contributed by atoms with E-state index in [0.717, 1.165) is 12.6 Å². The van der Waals surface area contributed by atoms with Crippen molar-refractivity contribution < 1.29 is 0 Å². The van der Waals surface area contributed by atoms with E-state index in [1.165, 1.54) is 28.5 Å². The minimum Gasteiger partial charge on any atom is -0.309 e. The molecule has 0 amide bonds. The van der Waals surface area contributed by atoms with Crippen LogP contribution in [-0.4, -0.2) is 31.1 Å². The molecule has 1 heterocycles. The molecular weight excluding hydrogens is 323 g/mol. The topological polar surface area (TPSA) is 15.3 Å². The summed E-state index contributed by atoms with van der Waals surface area (Å²) in [5.74, 6) is 0. The monoisotopic (exact) mass is 344 g/mol. The molecule has 1 aromatic rings. The van der Waals surface area contributed by atoms with Crippen LogP contribution >= 0.6 is 22.6 Å². The summed E-state index contributed by atoms with van der Waals surface area (Å²) in [5, 5.41) is 3.65. The van der Waals surface area contributed by atoms with Gasteiger partial charge in [-0.15, -0.1) is 0 Å². The summed E-state index contributed by atoms with van der Waals surface area (Å²) in [7, 11) is 2.23. The number of likely N-dealkylation sites (tertiary alicyclic amines) is 1. The summed E-state index contributed by atoms with van der Waals surface area (Å²) in [6.45, 7) is 4.60. The third-order valence-electron chi connectivity index (χ3n) is 3.70. The van der Waals surface area contributed by atoms with Crippen LogP contribution in [0.25, 0.3) is 0 Å². The fraction of sp³-hybridized carbons (Fsp3) is 0.571. The van der Waals surface area contributed by atoms with Crippen LogP contribution in [0.1, 0.15) is 31.4 Å². The Morgan fingerprint density at radius 1 is 1.41 bits per heavy atom. The number of hydrogen-bond acceptors (Lipinski definition) is 2. The van der Waals surface area contributed by atoms with Crippen molar-refractivity contribution in [1.82, 2.24) is 10.2 Å². The number of benzene rings is 1. The summed E-state index contributed by atoms with van der Waals surface area (Å²) >= 11 is 2.35. The van der Waals surface area contributed by atoms with Crippen molar-refractivity contribution in [3.63, 3.8) is 0 Å². The van der Waals surface area contributed by atoms with Crippen LogP contribution < -0.4 is 5.32 Å². The normalized spacial score (nSPS) is 22.9. The first-order valence-corrected chi connectivity index (χ1v) is 7.44. The maximum absolute atomic E-state index is 3.65. The Hall–Kier alpha value is -0.130.